The lowest BCUT2D eigenvalue weighted by molar-refractivity contribution is -0.148. The van der Waals surface area contributed by atoms with Gasteiger partial charge in [0, 0.05) is 11.6 Å². The van der Waals surface area contributed by atoms with Gasteiger partial charge in [0.15, 0.2) is 12.4 Å². The van der Waals surface area contributed by atoms with E-state index in [0.29, 0.717) is 17.7 Å². The number of ketones is 1. The molecule has 1 aliphatic carbocycles. The Morgan fingerprint density at radius 2 is 1.88 bits per heavy atom. The van der Waals surface area contributed by atoms with Gasteiger partial charge < -0.3 is 4.74 Å². The summed E-state index contributed by atoms with van der Waals surface area (Å²) >= 11 is 0. The van der Waals surface area contributed by atoms with Gasteiger partial charge in [-0.15, -0.1) is 0 Å². The minimum Gasteiger partial charge on any atom is -0.457 e. The van der Waals surface area contributed by atoms with Crippen LogP contribution in [-0.2, 0) is 26.0 Å². The third kappa shape index (κ3) is 3.92. The van der Waals surface area contributed by atoms with Gasteiger partial charge in [0.05, 0.1) is 17.9 Å². The average Bonchev–Trinajstić information content (AvgIpc) is 2.95. The molecule has 0 unspecified atom stereocenters. The summed E-state index contributed by atoms with van der Waals surface area (Å²) in [6.45, 7) is 1.58. The van der Waals surface area contributed by atoms with Crippen molar-refractivity contribution in [3.05, 3.63) is 29.3 Å². The second-order valence-corrected chi connectivity index (χ2v) is 9.18. The first kappa shape index (κ1) is 18.9. The van der Waals surface area contributed by atoms with Crippen molar-refractivity contribution in [3.8, 4) is 0 Å². The molecule has 1 saturated carbocycles. The van der Waals surface area contributed by atoms with E-state index in [9.17, 15) is 18.0 Å². The lowest BCUT2D eigenvalue weighted by atomic mass is 9.89. The number of fused-ring (bicyclic) bond motifs is 1. The summed E-state index contributed by atoms with van der Waals surface area (Å²) in [5.74, 6) is -0.626. The Kier molecular flexibility index (Phi) is 5.37. The highest BCUT2D eigenvalue weighted by Crippen LogP contribution is 2.34. The van der Waals surface area contributed by atoms with Crippen LogP contribution in [0, 0.1) is 5.92 Å². The van der Waals surface area contributed by atoms with E-state index >= 15 is 0 Å². The Hall–Kier alpha value is -1.89. The van der Waals surface area contributed by atoms with Crippen LogP contribution in [0.4, 0.5) is 5.69 Å². The van der Waals surface area contributed by atoms with Crippen molar-refractivity contribution in [2.24, 2.45) is 5.92 Å². The van der Waals surface area contributed by atoms with Crippen LogP contribution in [-0.4, -0.2) is 39.1 Å². The quantitative estimate of drug-likeness (QED) is 0.580. The summed E-state index contributed by atoms with van der Waals surface area (Å²) in [6, 6.07) is 4.81. The van der Waals surface area contributed by atoms with Crippen LogP contribution in [0.5, 0.6) is 0 Å². The number of carbonyl (C=O) groups excluding carboxylic acids is 2. The third-order valence-electron chi connectivity index (χ3n) is 5.20. The van der Waals surface area contributed by atoms with Gasteiger partial charge in [-0.1, -0.05) is 19.3 Å². The number of hydrogen-bond acceptors (Lipinski definition) is 5. The van der Waals surface area contributed by atoms with Crippen LogP contribution in [0.2, 0.25) is 0 Å². The number of rotatable bonds is 5. The fourth-order valence-corrected chi connectivity index (χ4v) is 5.22. The van der Waals surface area contributed by atoms with Gasteiger partial charge in [0.1, 0.15) is 0 Å². The van der Waals surface area contributed by atoms with E-state index in [1.165, 1.54) is 10.6 Å². The van der Waals surface area contributed by atoms with Crippen LogP contribution in [0.25, 0.3) is 0 Å². The number of carbonyl (C=O) groups is 2. The van der Waals surface area contributed by atoms with Crippen LogP contribution < -0.4 is 4.31 Å². The van der Waals surface area contributed by atoms with Crippen LogP contribution in [0.3, 0.4) is 0 Å². The van der Waals surface area contributed by atoms with E-state index in [2.05, 4.69) is 0 Å². The monoisotopic (exact) mass is 379 g/mol. The molecule has 1 atom stereocenters. The van der Waals surface area contributed by atoms with Crippen molar-refractivity contribution in [1.29, 1.82) is 0 Å². The zero-order valence-electron chi connectivity index (χ0n) is 15.2. The Labute approximate surface area is 154 Å². The molecular formula is C19H25NO5S. The Balaban J connectivity index is 1.66. The van der Waals surface area contributed by atoms with Crippen molar-refractivity contribution in [2.45, 2.75) is 51.5 Å². The maximum absolute atomic E-state index is 12.4. The summed E-state index contributed by atoms with van der Waals surface area (Å²) < 4.78 is 30.5. The summed E-state index contributed by atoms with van der Waals surface area (Å²) in [4.78, 5) is 24.5. The Bertz CT molecular complexity index is 811. The van der Waals surface area contributed by atoms with Crippen LogP contribution in [0.1, 0.15) is 54.9 Å². The topological polar surface area (TPSA) is 80.8 Å². The van der Waals surface area contributed by atoms with Crippen molar-refractivity contribution in [2.75, 3.05) is 17.2 Å². The largest absolute Gasteiger partial charge is 0.457 e. The van der Waals surface area contributed by atoms with Gasteiger partial charge in [0.2, 0.25) is 10.0 Å². The average molecular weight is 379 g/mol. The molecule has 1 heterocycles. The molecule has 7 heteroatoms. The minimum atomic E-state index is -3.35. The molecule has 0 amide bonds. The van der Waals surface area contributed by atoms with Gasteiger partial charge in [-0.25, -0.2) is 8.42 Å². The first-order valence-corrected chi connectivity index (χ1v) is 10.9. The molecule has 0 N–H and O–H groups in total. The molecule has 1 aliphatic heterocycles. The number of esters is 1. The normalized spacial score (nSPS) is 20.7. The third-order valence-corrected chi connectivity index (χ3v) is 6.47. The molecule has 0 spiro atoms. The Morgan fingerprint density at radius 1 is 1.19 bits per heavy atom. The molecule has 1 fully saturated rings. The van der Waals surface area contributed by atoms with E-state index in [-0.39, 0.29) is 30.3 Å². The first-order valence-electron chi connectivity index (χ1n) is 9.09. The molecule has 1 aromatic carbocycles. The molecule has 2 aliphatic rings. The summed E-state index contributed by atoms with van der Waals surface area (Å²) in [6.07, 6.45) is 6.64. The van der Waals surface area contributed by atoms with Gasteiger partial charge in [-0.05, 0) is 49.9 Å². The fourth-order valence-electron chi connectivity index (χ4n) is 3.96. The molecule has 0 radical (unpaired) electrons. The van der Waals surface area contributed by atoms with Crippen LogP contribution in [0.15, 0.2) is 18.2 Å². The minimum absolute atomic E-state index is 0.0826. The molecule has 3 rings (SSSR count). The van der Waals surface area contributed by atoms with Crippen LogP contribution >= 0.6 is 0 Å². The molecule has 0 bridgehead atoms. The maximum Gasteiger partial charge on any atom is 0.309 e. The zero-order chi connectivity index (χ0) is 18.9. The number of nitrogens with zero attached hydrogens (tertiary/aromatic N) is 1. The van der Waals surface area contributed by atoms with Gasteiger partial charge in [-0.3, -0.25) is 13.9 Å². The smallest absolute Gasteiger partial charge is 0.309 e. The molecule has 142 valence electrons. The number of ether oxygens (including phenoxy) is 1. The molecule has 26 heavy (non-hydrogen) atoms. The number of Topliss-reactive ketones (excluding diaryl/α,β-unsaturated/α-hetero) is 1. The molecule has 1 aromatic rings. The lowest BCUT2D eigenvalue weighted by Crippen LogP contribution is -2.34. The van der Waals surface area contributed by atoms with Crippen molar-refractivity contribution in [3.63, 3.8) is 0 Å². The van der Waals surface area contributed by atoms with E-state index in [0.717, 1.165) is 37.7 Å². The number of hydrogen-bond donors (Lipinski definition) is 0. The lowest BCUT2D eigenvalue weighted by Gasteiger charge is -2.22. The van der Waals surface area contributed by atoms with Gasteiger partial charge >= 0.3 is 5.97 Å². The molecule has 0 aromatic heterocycles. The molecular weight excluding hydrogens is 354 g/mol. The second-order valence-electron chi connectivity index (χ2n) is 7.32. The van der Waals surface area contributed by atoms with Crippen molar-refractivity contribution >= 4 is 27.5 Å². The van der Waals surface area contributed by atoms with E-state index < -0.39 is 10.0 Å². The van der Waals surface area contributed by atoms with E-state index in [4.69, 9.17) is 4.74 Å². The first-order chi connectivity index (χ1) is 12.3. The SMILES string of the molecule is C[C@@H]1Cc2cc(C(=O)COC(=O)C3CCCCC3)ccc2N1S(C)(=O)=O. The van der Waals surface area contributed by atoms with Gasteiger partial charge in [0.25, 0.3) is 0 Å². The summed E-state index contributed by atoms with van der Waals surface area (Å²) in [5, 5.41) is 0. The zero-order valence-corrected chi connectivity index (χ0v) is 16.0. The second kappa shape index (κ2) is 7.39. The standard InChI is InChI=1S/C19H25NO5S/c1-13-10-16-11-15(8-9-17(16)20(13)26(2,23)24)18(21)12-25-19(22)14-6-4-3-5-7-14/h8-9,11,13-14H,3-7,10,12H2,1-2H3/t13-/m1/s1. The molecule has 6 nitrogen and oxygen atoms in total. The number of benzene rings is 1. The highest BCUT2D eigenvalue weighted by Gasteiger charge is 2.33. The van der Waals surface area contributed by atoms with E-state index in [1.807, 2.05) is 6.92 Å². The summed E-state index contributed by atoms with van der Waals surface area (Å²) in [7, 11) is -3.35. The Morgan fingerprint density at radius 3 is 2.54 bits per heavy atom. The highest BCUT2D eigenvalue weighted by molar-refractivity contribution is 7.92. The highest BCUT2D eigenvalue weighted by atomic mass is 32.2. The number of anilines is 1. The van der Waals surface area contributed by atoms with Crippen molar-refractivity contribution in [1.82, 2.24) is 0 Å². The predicted octanol–water partition coefficient (Wildman–Crippen LogP) is 2.70. The van der Waals surface area contributed by atoms with E-state index in [1.54, 1.807) is 18.2 Å². The number of sulfonamides is 1. The maximum atomic E-state index is 12.4. The van der Waals surface area contributed by atoms with Crippen molar-refractivity contribution < 1.29 is 22.7 Å². The fraction of sp³-hybridized carbons (Fsp3) is 0.579. The van der Waals surface area contributed by atoms with Gasteiger partial charge in [-0.2, -0.15) is 0 Å². The summed E-state index contributed by atoms with van der Waals surface area (Å²) in [5.41, 5.74) is 1.89. The predicted molar refractivity (Wildman–Crippen MR) is 98.8 cm³/mol. The molecule has 0 saturated heterocycles.